The van der Waals surface area contributed by atoms with Crippen molar-refractivity contribution in [1.29, 1.82) is 0 Å². The van der Waals surface area contributed by atoms with Crippen molar-refractivity contribution in [2.24, 2.45) is 10.8 Å². The van der Waals surface area contributed by atoms with Crippen molar-refractivity contribution in [2.45, 2.75) is 34.1 Å². The van der Waals surface area contributed by atoms with Crippen molar-refractivity contribution in [3.8, 4) is 0 Å². The molecular formula is C14H32N2O. The summed E-state index contributed by atoms with van der Waals surface area (Å²) in [6, 6.07) is 0. The lowest BCUT2D eigenvalue weighted by Crippen LogP contribution is -2.37. The third kappa shape index (κ3) is 9.57. The van der Waals surface area contributed by atoms with Gasteiger partial charge in [0.25, 0.3) is 0 Å². The largest absolute Gasteiger partial charge is 0.384 e. The predicted molar refractivity (Wildman–Crippen MR) is 75.5 cm³/mol. The van der Waals surface area contributed by atoms with E-state index in [1.165, 1.54) is 6.42 Å². The number of methoxy groups -OCH3 is 1. The summed E-state index contributed by atoms with van der Waals surface area (Å²) in [6.07, 6.45) is 1.17. The highest BCUT2D eigenvalue weighted by Crippen LogP contribution is 2.33. The van der Waals surface area contributed by atoms with Crippen molar-refractivity contribution < 1.29 is 4.74 Å². The van der Waals surface area contributed by atoms with E-state index in [-0.39, 0.29) is 5.41 Å². The number of likely N-dealkylation sites (N-methyl/N-ethyl adjacent to an activating group) is 1. The minimum atomic E-state index is 0.251. The number of nitrogens with zero attached hydrogens (tertiary/aromatic N) is 1. The third-order valence-corrected chi connectivity index (χ3v) is 2.83. The van der Waals surface area contributed by atoms with Crippen molar-refractivity contribution in [1.82, 2.24) is 10.2 Å². The average molecular weight is 244 g/mol. The monoisotopic (exact) mass is 244 g/mol. The smallest absolute Gasteiger partial charge is 0.0513 e. The van der Waals surface area contributed by atoms with E-state index in [9.17, 15) is 0 Å². The van der Waals surface area contributed by atoms with Crippen LogP contribution in [0.1, 0.15) is 34.1 Å². The first-order chi connectivity index (χ1) is 7.68. The molecule has 0 saturated heterocycles. The third-order valence-electron chi connectivity index (χ3n) is 2.83. The highest BCUT2D eigenvalue weighted by atomic mass is 16.5. The fourth-order valence-corrected chi connectivity index (χ4v) is 2.53. The van der Waals surface area contributed by atoms with Gasteiger partial charge >= 0.3 is 0 Å². The Morgan fingerprint density at radius 1 is 1.06 bits per heavy atom. The molecule has 0 aliphatic heterocycles. The van der Waals surface area contributed by atoms with Gasteiger partial charge in [-0.1, -0.05) is 27.7 Å². The van der Waals surface area contributed by atoms with Crippen molar-refractivity contribution in [2.75, 3.05) is 47.4 Å². The van der Waals surface area contributed by atoms with Gasteiger partial charge in [0, 0.05) is 26.7 Å². The summed E-state index contributed by atoms with van der Waals surface area (Å²) >= 11 is 0. The summed E-state index contributed by atoms with van der Waals surface area (Å²) in [5.74, 6) is 0. The maximum atomic E-state index is 5.28. The van der Waals surface area contributed by atoms with Crippen LogP contribution in [0.25, 0.3) is 0 Å². The predicted octanol–water partition coefficient (Wildman–Crippen LogP) is 2.23. The molecule has 0 bridgehead atoms. The first-order valence-electron chi connectivity index (χ1n) is 6.53. The van der Waals surface area contributed by atoms with Gasteiger partial charge in [-0.05, 0) is 31.3 Å². The molecule has 104 valence electrons. The zero-order valence-corrected chi connectivity index (χ0v) is 12.9. The molecular weight excluding hydrogens is 212 g/mol. The molecule has 3 nitrogen and oxygen atoms in total. The van der Waals surface area contributed by atoms with Crippen molar-refractivity contribution in [3.05, 3.63) is 0 Å². The standard InChI is InChI=1S/C14H32N2O/c1-13(2,10-14(3,4)12-17-7)11-15-8-9-16(5)6/h15H,8-12H2,1-7H3. The average Bonchev–Trinajstić information content (AvgIpc) is 2.10. The Morgan fingerprint density at radius 2 is 1.65 bits per heavy atom. The Balaban J connectivity index is 3.94. The minimum Gasteiger partial charge on any atom is -0.384 e. The van der Waals surface area contributed by atoms with Crippen LogP contribution in [-0.2, 0) is 4.74 Å². The lowest BCUT2D eigenvalue weighted by atomic mass is 9.75. The zero-order chi connectivity index (χ0) is 13.5. The molecule has 0 atom stereocenters. The van der Waals surface area contributed by atoms with Gasteiger partial charge in [0.05, 0.1) is 6.61 Å². The molecule has 0 unspecified atom stereocenters. The molecule has 0 rings (SSSR count). The molecule has 17 heavy (non-hydrogen) atoms. The van der Waals surface area contributed by atoms with E-state index in [4.69, 9.17) is 4.74 Å². The second-order valence-corrected chi connectivity index (χ2v) is 6.92. The van der Waals surface area contributed by atoms with E-state index in [0.29, 0.717) is 5.41 Å². The molecule has 0 amide bonds. The molecule has 0 aromatic heterocycles. The number of rotatable bonds is 9. The maximum Gasteiger partial charge on any atom is 0.0513 e. The van der Waals surface area contributed by atoms with E-state index in [0.717, 1.165) is 26.2 Å². The number of nitrogens with one attached hydrogen (secondary N) is 1. The van der Waals surface area contributed by atoms with E-state index in [1.54, 1.807) is 7.11 Å². The molecule has 0 aliphatic carbocycles. The normalized spacial score (nSPS) is 13.4. The van der Waals surface area contributed by atoms with Gasteiger partial charge in [-0.25, -0.2) is 0 Å². The first-order valence-corrected chi connectivity index (χ1v) is 6.53. The van der Waals surface area contributed by atoms with Gasteiger partial charge in [-0.15, -0.1) is 0 Å². The van der Waals surface area contributed by atoms with Crippen molar-refractivity contribution >= 4 is 0 Å². The van der Waals surface area contributed by atoms with Crippen LogP contribution in [0.5, 0.6) is 0 Å². The highest BCUT2D eigenvalue weighted by molar-refractivity contribution is 4.80. The Kier molecular flexibility index (Phi) is 7.29. The highest BCUT2D eigenvalue weighted by Gasteiger charge is 2.28. The van der Waals surface area contributed by atoms with Crippen LogP contribution in [0.4, 0.5) is 0 Å². The number of hydrogen-bond donors (Lipinski definition) is 1. The summed E-state index contributed by atoms with van der Waals surface area (Å²) in [5, 5.41) is 3.54. The van der Waals surface area contributed by atoms with Crippen LogP contribution in [0, 0.1) is 10.8 Å². The Bertz CT molecular complexity index is 200. The SMILES string of the molecule is COCC(C)(C)CC(C)(C)CNCCN(C)C. The van der Waals surface area contributed by atoms with Gasteiger partial charge in [0.15, 0.2) is 0 Å². The van der Waals surface area contributed by atoms with Crippen LogP contribution in [0.2, 0.25) is 0 Å². The van der Waals surface area contributed by atoms with Crippen LogP contribution in [0.3, 0.4) is 0 Å². The topological polar surface area (TPSA) is 24.5 Å². The molecule has 3 heteroatoms. The summed E-state index contributed by atoms with van der Waals surface area (Å²) < 4.78 is 5.28. The number of hydrogen-bond acceptors (Lipinski definition) is 3. The molecule has 0 aliphatic rings. The lowest BCUT2D eigenvalue weighted by Gasteiger charge is -2.34. The fourth-order valence-electron chi connectivity index (χ4n) is 2.53. The summed E-state index contributed by atoms with van der Waals surface area (Å²) in [6.45, 7) is 13.2. The second-order valence-electron chi connectivity index (χ2n) is 6.92. The van der Waals surface area contributed by atoms with Crippen LogP contribution in [0.15, 0.2) is 0 Å². The van der Waals surface area contributed by atoms with E-state index in [1.807, 2.05) is 0 Å². The molecule has 0 spiro atoms. The van der Waals surface area contributed by atoms with Gasteiger partial charge in [0.1, 0.15) is 0 Å². The first kappa shape index (κ1) is 16.9. The maximum absolute atomic E-state index is 5.28. The summed E-state index contributed by atoms with van der Waals surface area (Å²) in [7, 11) is 5.99. The Hall–Kier alpha value is -0.120. The van der Waals surface area contributed by atoms with E-state index in [2.05, 4.69) is 52.0 Å². The molecule has 0 heterocycles. The van der Waals surface area contributed by atoms with Gasteiger partial charge < -0.3 is 15.0 Å². The van der Waals surface area contributed by atoms with E-state index < -0.39 is 0 Å². The summed E-state index contributed by atoms with van der Waals surface area (Å²) in [4.78, 5) is 2.20. The zero-order valence-electron chi connectivity index (χ0n) is 12.9. The Labute approximate surface area is 108 Å². The Morgan fingerprint density at radius 3 is 2.12 bits per heavy atom. The summed E-state index contributed by atoms with van der Waals surface area (Å²) in [5.41, 5.74) is 0.565. The van der Waals surface area contributed by atoms with Crippen LogP contribution >= 0.6 is 0 Å². The van der Waals surface area contributed by atoms with E-state index >= 15 is 0 Å². The van der Waals surface area contributed by atoms with Crippen molar-refractivity contribution in [3.63, 3.8) is 0 Å². The molecule has 0 aromatic rings. The molecule has 0 aromatic carbocycles. The molecule has 1 N–H and O–H groups in total. The van der Waals surface area contributed by atoms with Gasteiger partial charge in [0.2, 0.25) is 0 Å². The van der Waals surface area contributed by atoms with Gasteiger partial charge in [-0.3, -0.25) is 0 Å². The molecule has 0 fully saturated rings. The van der Waals surface area contributed by atoms with Crippen LogP contribution in [-0.4, -0.2) is 52.3 Å². The lowest BCUT2D eigenvalue weighted by molar-refractivity contribution is 0.0674. The van der Waals surface area contributed by atoms with Gasteiger partial charge in [-0.2, -0.15) is 0 Å². The molecule has 0 radical (unpaired) electrons. The number of ether oxygens (including phenoxy) is 1. The minimum absolute atomic E-state index is 0.251. The van der Waals surface area contributed by atoms with Crippen LogP contribution < -0.4 is 5.32 Å². The quantitative estimate of drug-likeness (QED) is 0.630. The fraction of sp³-hybridized carbons (Fsp3) is 1.00. The molecule has 0 saturated carbocycles. The second kappa shape index (κ2) is 7.34.